The molecule has 2 aromatic rings. The summed E-state index contributed by atoms with van der Waals surface area (Å²) in [5, 5.41) is 9.56. The first kappa shape index (κ1) is 11.4. The first-order valence-electron chi connectivity index (χ1n) is 5.81. The van der Waals surface area contributed by atoms with Crippen molar-refractivity contribution in [2.75, 3.05) is 4.90 Å². The molecular formula is C14H12N2O3. The molecule has 5 nitrogen and oxygen atoms in total. The van der Waals surface area contributed by atoms with E-state index < -0.39 is 6.03 Å². The first-order chi connectivity index (χ1) is 9.15. The van der Waals surface area contributed by atoms with Crippen LogP contribution < -0.4 is 15.4 Å². The third kappa shape index (κ3) is 1.95. The van der Waals surface area contributed by atoms with Crippen molar-refractivity contribution in [1.82, 2.24) is 0 Å². The van der Waals surface area contributed by atoms with Gasteiger partial charge in [-0.25, -0.2) is 4.79 Å². The molecule has 0 aliphatic carbocycles. The number of urea groups is 1. The van der Waals surface area contributed by atoms with E-state index in [4.69, 9.17) is 10.5 Å². The molecule has 1 heterocycles. The first-order valence-corrected chi connectivity index (χ1v) is 5.81. The predicted molar refractivity (Wildman–Crippen MR) is 70.4 cm³/mol. The Labute approximate surface area is 109 Å². The van der Waals surface area contributed by atoms with Crippen LogP contribution in [-0.2, 0) is 6.54 Å². The van der Waals surface area contributed by atoms with Crippen molar-refractivity contribution >= 4 is 11.7 Å². The maximum absolute atomic E-state index is 11.6. The highest BCUT2D eigenvalue weighted by Crippen LogP contribution is 2.40. The summed E-state index contributed by atoms with van der Waals surface area (Å²) in [4.78, 5) is 13.0. The topological polar surface area (TPSA) is 75.8 Å². The molecule has 2 aromatic carbocycles. The SMILES string of the molecule is NC(=O)N1Cc2ccccc2Oc2ccc(O)cc21. The van der Waals surface area contributed by atoms with Gasteiger partial charge in [-0.15, -0.1) is 0 Å². The number of phenols is 1. The van der Waals surface area contributed by atoms with Crippen LogP contribution in [0.25, 0.3) is 0 Å². The van der Waals surface area contributed by atoms with Crippen molar-refractivity contribution in [2.45, 2.75) is 6.54 Å². The van der Waals surface area contributed by atoms with Gasteiger partial charge in [-0.05, 0) is 18.2 Å². The molecule has 0 atom stereocenters. The summed E-state index contributed by atoms with van der Waals surface area (Å²) >= 11 is 0. The molecule has 96 valence electrons. The van der Waals surface area contributed by atoms with Gasteiger partial charge < -0.3 is 15.6 Å². The number of ether oxygens (including phenoxy) is 1. The molecule has 0 saturated carbocycles. The Hall–Kier alpha value is -2.69. The Morgan fingerprint density at radius 1 is 1.21 bits per heavy atom. The van der Waals surface area contributed by atoms with Crippen LogP contribution in [0, 0.1) is 0 Å². The summed E-state index contributed by atoms with van der Waals surface area (Å²) in [6, 6.07) is 11.4. The lowest BCUT2D eigenvalue weighted by Gasteiger charge is -2.19. The van der Waals surface area contributed by atoms with Crippen LogP contribution in [0.5, 0.6) is 17.2 Å². The van der Waals surface area contributed by atoms with Crippen LogP contribution >= 0.6 is 0 Å². The highest BCUT2D eigenvalue weighted by atomic mass is 16.5. The zero-order chi connectivity index (χ0) is 13.4. The summed E-state index contributed by atoms with van der Waals surface area (Å²) in [5.41, 5.74) is 6.73. The average Bonchev–Trinajstić information content (AvgIpc) is 2.55. The predicted octanol–water partition coefficient (Wildman–Crippen LogP) is 2.58. The van der Waals surface area contributed by atoms with E-state index >= 15 is 0 Å². The Balaban J connectivity index is 2.18. The molecule has 0 radical (unpaired) electrons. The second kappa shape index (κ2) is 4.20. The van der Waals surface area contributed by atoms with Gasteiger partial charge in [0.25, 0.3) is 0 Å². The largest absolute Gasteiger partial charge is 0.508 e. The molecule has 3 rings (SSSR count). The van der Waals surface area contributed by atoms with Crippen molar-refractivity contribution in [2.24, 2.45) is 5.73 Å². The van der Waals surface area contributed by atoms with E-state index in [1.165, 1.54) is 17.0 Å². The number of aromatic hydroxyl groups is 1. The number of primary amides is 1. The van der Waals surface area contributed by atoms with Gasteiger partial charge in [0.15, 0.2) is 5.75 Å². The number of nitrogens with two attached hydrogens (primary N) is 1. The minimum absolute atomic E-state index is 0.0551. The van der Waals surface area contributed by atoms with E-state index in [0.29, 0.717) is 23.7 Å². The number of hydrogen-bond donors (Lipinski definition) is 2. The third-order valence-electron chi connectivity index (χ3n) is 3.02. The van der Waals surface area contributed by atoms with E-state index in [1.807, 2.05) is 24.3 Å². The van der Waals surface area contributed by atoms with Gasteiger partial charge in [-0.1, -0.05) is 18.2 Å². The van der Waals surface area contributed by atoms with Crippen LogP contribution in [0.4, 0.5) is 10.5 Å². The molecule has 0 bridgehead atoms. The summed E-state index contributed by atoms with van der Waals surface area (Å²) in [6.07, 6.45) is 0. The molecule has 19 heavy (non-hydrogen) atoms. The smallest absolute Gasteiger partial charge is 0.319 e. The third-order valence-corrected chi connectivity index (χ3v) is 3.02. The average molecular weight is 256 g/mol. The number of nitrogens with zero attached hydrogens (tertiary/aromatic N) is 1. The lowest BCUT2D eigenvalue weighted by Crippen LogP contribution is -2.34. The molecule has 0 aromatic heterocycles. The van der Waals surface area contributed by atoms with Gasteiger partial charge >= 0.3 is 6.03 Å². The van der Waals surface area contributed by atoms with Crippen molar-refractivity contribution in [1.29, 1.82) is 0 Å². The number of phenolic OH excluding ortho intramolecular Hbond substituents is 1. The standard InChI is InChI=1S/C14H12N2O3/c15-14(18)16-8-9-3-1-2-4-12(9)19-13-6-5-10(17)7-11(13)16/h1-7,17H,8H2,(H2,15,18). The zero-order valence-corrected chi connectivity index (χ0v) is 10.0. The molecule has 0 saturated heterocycles. The van der Waals surface area contributed by atoms with Gasteiger partial charge in [0.05, 0.1) is 12.2 Å². The number of carbonyl (C=O) groups is 1. The van der Waals surface area contributed by atoms with Gasteiger partial charge in [-0.3, -0.25) is 4.90 Å². The maximum atomic E-state index is 11.6. The number of carbonyl (C=O) groups excluding carboxylic acids is 1. The number of para-hydroxylation sites is 1. The van der Waals surface area contributed by atoms with Crippen LogP contribution in [0.1, 0.15) is 5.56 Å². The summed E-state index contributed by atoms with van der Waals surface area (Å²) in [6.45, 7) is 0.308. The molecule has 5 heteroatoms. The van der Waals surface area contributed by atoms with Crippen molar-refractivity contribution in [3.63, 3.8) is 0 Å². The number of rotatable bonds is 0. The van der Waals surface area contributed by atoms with E-state index in [0.717, 1.165) is 5.56 Å². The highest BCUT2D eigenvalue weighted by Gasteiger charge is 2.24. The monoisotopic (exact) mass is 256 g/mol. The lowest BCUT2D eigenvalue weighted by molar-refractivity contribution is 0.253. The Morgan fingerprint density at radius 3 is 2.79 bits per heavy atom. The Bertz CT molecular complexity index is 655. The minimum Gasteiger partial charge on any atom is -0.508 e. The van der Waals surface area contributed by atoms with Crippen LogP contribution in [-0.4, -0.2) is 11.1 Å². The summed E-state index contributed by atoms with van der Waals surface area (Å²) in [5.74, 6) is 1.22. The molecule has 1 aliphatic rings. The molecule has 1 aliphatic heterocycles. The number of benzene rings is 2. The van der Waals surface area contributed by atoms with E-state index in [-0.39, 0.29) is 5.75 Å². The molecule has 0 fully saturated rings. The van der Waals surface area contributed by atoms with Crippen LogP contribution in [0.15, 0.2) is 42.5 Å². The fourth-order valence-corrected chi connectivity index (χ4v) is 2.11. The fourth-order valence-electron chi connectivity index (χ4n) is 2.11. The summed E-state index contributed by atoms with van der Waals surface area (Å²) < 4.78 is 5.78. The number of hydrogen-bond acceptors (Lipinski definition) is 3. The fraction of sp³-hybridized carbons (Fsp3) is 0.0714. The molecule has 3 N–H and O–H groups in total. The quantitative estimate of drug-likeness (QED) is 0.760. The highest BCUT2D eigenvalue weighted by molar-refractivity contribution is 5.93. The number of amides is 2. The van der Waals surface area contributed by atoms with Crippen molar-refractivity contribution < 1.29 is 14.6 Å². The van der Waals surface area contributed by atoms with Crippen molar-refractivity contribution in [3.8, 4) is 17.2 Å². The molecule has 0 spiro atoms. The Morgan fingerprint density at radius 2 is 2.00 bits per heavy atom. The van der Waals surface area contributed by atoms with Gasteiger partial charge in [0, 0.05) is 11.6 Å². The van der Waals surface area contributed by atoms with Gasteiger partial charge in [-0.2, -0.15) is 0 Å². The van der Waals surface area contributed by atoms with Gasteiger partial charge in [0.2, 0.25) is 0 Å². The van der Waals surface area contributed by atoms with E-state index in [9.17, 15) is 9.90 Å². The minimum atomic E-state index is -0.591. The second-order valence-corrected chi connectivity index (χ2v) is 4.29. The lowest BCUT2D eigenvalue weighted by atomic mass is 10.2. The van der Waals surface area contributed by atoms with E-state index in [1.54, 1.807) is 6.07 Å². The second-order valence-electron chi connectivity index (χ2n) is 4.29. The molecule has 2 amide bonds. The van der Waals surface area contributed by atoms with E-state index in [2.05, 4.69) is 0 Å². The Kier molecular flexibility index (Phi) is 2.52. The number of fused-ring (bicyclic) bond motifs is 2. The molecule has 0 unspecified atom stereocenters. The van der Waals surface area contributed by atoms with Gasteiger partial charge in [0.1, 0.15) is 11.5 Å². The molecular weight excluding hydrogens is 244 g/mol. The normalized spacial score (nSPS) is 12.9. The van der Waals surface area contributed by atoms with Crippen molar-refractivity contribution in [3.05, 3.63) is 48.0 Å². The zero-order valence-electron chi connectivity index (χ0n) is 10.0. The van der Waals surface area contributed by atoms with Crippen LogP contribution in [0.3, 0.4) is 0 Å². The number of anilines is 1. The van der Waals surface area contributed by atoms with Crippen LogP contribution in [0.2, 0.25) is 0 Å². The maximum Gasteiger partial charge on any atom is 0.319 e. The summed E-state index contributed by atoms with van der Waals surface area (Å²) in [7, 11) is 0.